The van der Waals surface area contributed by atoms with Crippen LogP contribution in [0.15, 0.2) is 144 Å². The number of anilines is 2. The molecule has 5 aromatic rings. The van der Waals surface area contributed by atoms with Gasteiger partial charge in [-0.1, -0.05) is 72.3 Å². The number of hydrogen-bond acceptors (Lipinski definition) is 5. The largest absolute Gasteiger partial charge is 0.457 e. The van der Waals surface area contributed by atoms with Gasteiger partial charge in [-0.05, 0) is 85.3 Å². The lowest BCUT2D eigenvalue weighted by atomic mass is 10.1. The molecule has 0 aliphatic heterocycles. The van der Waals surface area contributed by atoms with E-state index >= 15 is 0 Å². The molecule has 5 rings (SSSR count). The van der Waals surface area contributed by atoms with Crippen LogP contribution in [-0.2, 0) is 9.59 Å². The number of carbonyl (C=O) groups excluding carboxylic acids is 3. The van der Waals surface area contributed by atoms with Crippen LogP contribution < -0.4 is 20.7 Å². The predicted octanol–water partition coefficient (Wildman–Crippen LogP) is 7.93. The molecule has 3 amide bonds. The van der Waals surface area contributed by atoms with Crippen molar-refractivity contribution in [3.05, 3.63) is 156 Å². The molecule has 0 aliphatic rings. The maximum atomic E-state index is 13.4. The molecule has 45 heavy (non-hydrogen) atoms. The number of amides is 3. The number of para-hydroxylation sites is 1. The Morgan fingerprint density at radius 1 is 0.689 bits per heavy atom. The maximum absolute atomic E-state index is 13.4. The third-order valence-electron chi connectivity index (χ3n) is 6.46. The predicted molar refractivity (Wildman–Crippen MR) is 180 cm³/mol. The van der Waals surface area contributed by atoms with Gasteiger partial charge in [0.1, 0.15) is 17.2 Å². The van der Waals surface area contributed by atoms with Crippen LogP contribution in [0.2, 0.25) is 0 Å². The number of nitrogens with one attached hydrogen (secondary N) is 3. The second kappa shape index (κ2) is 15.2. The second-order valence-electron chi connectivity index (χ2n) is 10.1. The minimum absolute atomic E-state index is 0.104. The lowest BCUT2D eigenvalue weighted by Crippen LogP contribution is -2.30. The van der Waals surface area contributed by atoms with Gasteiger partial charge in [0.2, 0.25) is 5.91 Å². The number of hydrogen-bond donors (Lipinski definition) is 3. The highest BCUT2D eigenvalue weighted by Gasteiger charge is 2.15. The van der Waals surface area contributed by atoms with Gasteiger partial charge in [0, 0.05) is 21.8 Å². The van der Waals surface area contributed by atoms with E-state index in [4.69, 9.17) is 4.74 Å². The van der Waals surface area contributed by atoms with Crippen LogP contribution in [0, 0.1) is 6.92 Å². The van der Waals surface area contributed by atoms with E-state index in [1.165, 1.54) is 11.8 Å². The molecule has 0 radical (unpaired) electrons. The van der Waals surface area contributed by atoms with Crippen molar-refractivity contribution in [3.8, 4) is 11.5 Å². The molecule has 0 heterocycles. The molecule has 0 aliphatic carbocycles. The standard InChI is InChI=1S/C37H31N3O4S/c1-26-10-8-11-27(22-26)23-34(40-36(42)28-12-4-2-5-13-28)37(43)39-30-14-9-17-33(24-30)45-25-35(41)38-29-18-20-32(21-19-29)44-31-15-6-3-7-16-31/h2-24H,25H2,1H3,(H,38,41)(H,39,43)(H,40,42)/b34-23+. The molecule has 7 nitrogen and oxygen atoms in total. The minimum atomic E-state index is -0.472. The first-order valence-corrected chi connectivity index (χ1v) is 15.2. The van der Waals surface area contributed by atoms with E-state index < -0.39 is 11.8 Å². The monoisotopic (exact) mass is 613 g/mol. The van der Waals surface area contributed by atoms with Gasteiger partial charge in [-0.25, -0.2) is 0 Å². The van der Waals surface area contributed by atoms with Gasteiger partial charge < -0.3 is 20.7 Å². The maximum Gasteiger partial charge on any atom is 0.272 e. The number of carbonyl (C=O) groups is 3. The van der Waals surface area contributed by atoms with Crippen LogP contribution in [0.1, 0.15) is 21.5 Å². The fourth-order valence-corrected chi connectivity index (χ4v) is 5.06. The third kappa shape index (κ3) is 9.44. The van der Waals surface area contributed by atoms with Crippen LogP contribution in [0.4, 0.5) is 11.4 Å². The number of ether oxygens (including phenoxy) is 1. The van der Waals surface area contributed by atoms with Crippen molar-refractivity contribution in [2.24, 2.45) is 0 Å². The first-order chi connectivity index (χ1) is 21.9. The zero-order chi connectivity index (χ0) is 31.4. The summed E-state index contributed by atoms with van der Waals surface area (Å²) in [5.41, 5.74) is 3.54. The van der Waals surface area contributed by atoms with Gasteiger partial charge >= 0.3 is 0 Å². The molecule has 5 aromatic carbocycles. The molecule has 0 bridgehead atoms. The molecular formula is C37H31N3O4S. The van der Waals surface area contributed by atoms with Crippen molar-refractivity contribution in [2.75, 3.05) is 16.4 Å². The van der Waals surface area contributed by atoms with E-state index in [0.29, 0.717) is 22.7 Å². The zero-order valence-electron chi connectivity index (χ0n) is 24.5. The number of thioether (sulfide) groups is 1. The Balaban J connectivity index is 1.19. The average molecular weight is 614 g/mol. The molecule has 0 fully saturated rings. The van der Waals surface area contributed by atoms with Crippen molar-refractivity contribution in [3.63, 3.8) is 0 Å². The highest BCUT2D eigenvalue weighted by molar-refractivity contribution is 8.00. The summed E-state index contributed by atoms with van der Waals surface area (Å²) in [4.78, 5) is 39.8. The van der Waals surface area contributed by atoms with E-state index in [1.807, 2.05) is 73.7 Å². The topological polar surface area (TPSA) is 96.5 Å². The van der Waals surface area contributed by atoms with Gasteiger partial charge in [-0.3, -0.25) is 14.4 Å². The minimum Gasteiger partial charge on any atom is -0.457 e. The Hall–Kier alpha value is -5.60. The first-order valence-electron chi connectivity index (χ1n) is 14.2. The Kier molecular flexibility index (Phi) is 10.4. The van der Waals surface area contributed by atoms with E-state index in [-0.39, 0.29) is 17.4 Å². The van der Waals surface area contributed by atoms with Crippen molar-refractivity contribution >= 4 is 46.9 Å². The van der Waals surface area contributed by atoms with Crippen molar-refractivity contribution < 1.29 is 19.1 Å². The summed E-state index contributed by atoms with van der Waals surface area (Å²) in [6.07, 6.45) is 1.65. The highest BCUT2D eigenvalue weighted by atomic mass is 32.2. The molecular weight excluding hydrogens is 582 g/mol. The van der Waals surface area contributed by atoms with Gasteiger partial charge in [0.05, 0.1) is 5.75 Å². The van der Waals surface area contributed by atoms with Gasteiger partial charge in [-0.2, -0.15) is 0 Å². The molecule has 0 aromatic heterocycles. The molecule has 3 N–H and O–H groups in total. The van der Waals surface area contributed by atoms with E-state index in [0.717, 1.165) is 21.8 Å². The summed E-state index contributed by atoms with van der Waals surface area (Å²) in [5, 5.41) is 8.53. The number of rotatable bonds is 11. The molecule has 0 unspecified atom stereocenters. The van der Waals surface area contributed by atoms with E-state index in [1.54, 1.807) is 72.8 Å². The zero-order valence-corrected chi connectivity index (χ0v) is 25.3. The lowest BCUT2D eigenvalue weighted by Gasteiger charge is -2.12. The SMILES string of the molecule is Cc1cccc(/C=C(/NC(=O)c2ccccc2)C(=O)Nc2cccc(SCC(=O)Nc3ccc(Oc4ccccc4)cc3)c2)c1. The highest BCUT2D eigenvalue weighted by Crippen LogP contribution is 2.25. The summed E-state index contributed by atoms with van der Waals surface area (Å²) >= 11 is 1.34. The summed E-state index contributed by atoms with van der Waals surface area (Å²) < 4.78 is 5.80. The average Bonchev–Trinajstić information content (AvgIpc) is 3.05. The molecule has 224 valence electrons. The molecule has 0 spiro atoms. The number of benzene rings is 5. The third-order valence-corrected chi connectivity index (χ3v) is 7.45. The fourth-order valence-electron chi connectivity index (χ4n) is 4.31. The van der Waals surface area contributed by atoms with Crippen molar-refractivity contribution in [1.29, 1.82) is 0 Å². The molecule has 0 saturated heterocycles. The molecule has 0 saturated carbocycles. The smallest absolute Gasteiger partial charge is 0.272 e. The van der Waals surface area contributed by atoms with Crippen LogP contribution in [0.25, 0.3) is 6.08 Å². The summed E-state index contributed by atoms with van der Waals surface area (Å²) in [6.45, 7) is 1.96. The van der Waals surface area contributed by atoms with Crippen LogP contribution >= 0.6 is 11.8 Å². The Morgan fingerprint density at radius 3 is 2.11 bits per heavy atom. The normalized spacial score (nSPS) is 10.9. The van der Waals surface area contributed by atoms with Crippen molar-refractivity contribution in [2.45, 2.75) is 11.8 Å². The summed E-state index contributed by atoms with van der Waals surface area (Å²) in [6, 6.07) is 40.2. The van der Waals surface area contributed by atoms with Gasteiger partial charge in [0.25, 0.3) is 11.8 Å². The Morgan fingerprint density at radius 2 is 1.38 bits per heavy atom. The summed E-state index contributed by atoms with van der Waals surface area (Å²) in [7, 11) is 0. The van der Waals surface area contributed by atoms with Crippen LogP contribution in [0.3, 0.4) is 0 Å². The van der Waals surface area contributed by atoms with Gasteiger partial charge in [0.15, 0.2) is 0 Å². The van der Waals surface area contributed by atoms with Crippen LogP contribution in [-0.4, -0.2) is 23.5 Å². The Bertz CT molecular complexity index is 1810. The Labute approximate surface area is 266 Å². The van der Waals surface area contributed by atoms with Crippen LogP contribution in [0.5, 0.6) is 11.5 Å². The van der Waals surface area contributed by atoms with E-state index in [9.17, 15) is 14.4 Å². The summed E-state index contributed by atoms with van der Waals surface area (Å²) in [5.74, 6) is 0.547. The molecule has 0 atom stereocenters. The first kappa shape index (κ1) is 30.8. The quantitative estimate of drug-likeness (QED) is 0.104. The van der Waals surface area contributed by atoms with Crippen molar-refractivity contribution in [1.82, 2.24) is 5.32 Å². The number of aryl methyl sites for hydroxylation is 1. The lowest BCUT2D eigenvalue weighted by molar-refractivity contribution is -0.114. The second-order valence-corrected chi connectivity index (χ2v) is 11.1. The fraction of sp³-hybridized carbons (Fsp3) is 0.0541. The van der Waals surface area contributed by atoms with Gasteiger partial charge in [-0.15, -0.1) is 11.8 Å². The molecule has 8 heteroatoms. The van der Waals surface area contributed by atoms with E-state index in [2.05, 4.69) is 16.0 Å².